The first kappa shape index (κ1) is 27.5. The lowest BCUT2D eigenvalue weighted by atomic mass is 9.88. The fraction of sp³-hybridized carbons (Fsp3) is 0.355. The molecule has 192 valence electrons. The first-order chi connectivity index (χ1) is 17.6. The predicted octanol–water partition coefficient (Wildman–Crippen LogP) is 6.12. The van der Waals surface area contributed by atoms with Crippen LogP contribution < -0.4 is 9.47 Å². The topological polar surface area (TPSA) is 51.2 Å². The van der Waals surface area contributed by atoms with E-state index in [0.29, 0.717) is 6.54 Å². The minimum atomic E-state index is -0.524. The molecule has 0 aliphatic heterocycles. The molecule has 0 aliphatic rings. The Hall–Kier alpha value is -3.12. The highest BCUT2D eigenvalue weighted by Gasteiger charge is 2.14. The van der Waals surface area contributed by atoms with Crippen LogP contribution in [0.5, 0.6) is 11.5 Å². The molecule has 0 radical (unpaired) electrons. The summed E-state index contributed by atoms with van der Waals surface area (Å²) in [6.07, 6.45) is 0.362. The van der Waals surface area contributed by atoms with Gasteiger partial charge in [-0.1, -0.05) is 75.4 Å². The quantitative estimate of drug-likeness (QED) is 0.218. The van der Waals surface area contributed by atoms with Crippen molar-refractivity contribution in [1.29, 1.82) is 0 Å². The second-order valence-corrected chi connectivity index (χ2v) is 8.62. The van der Waals surface area contributed by atoms with Crippen LogP contribution in [0.15, 0.2) is 78.9 Å². The maximum Gasteiger partial charge on any atom is 0.188 e. The van der Waals surface area contributed by atoms with E-state index in [1.54, 1.807) is 7.11 Å². The van der Waals surface area contributed by atoms with Gasteiger partial charge in [-0.25, -0.2) is 0 Å². The number of aliphatic hydroxyl groups is 1. The van der Waals surface area contributed by atoms with Crippen LogP contribution in [0.25, 0.3) is 11.1 Å². The van der Waals surface area contributed by atoms with Gasteiger partial charge in [0.1, 0.15) is 24.2 Å². The molecule has 3 rings (SSSR count). The van der Waals surface area contributed by atoms with Gasteiger partial charge < -0.3 is 24.2 Å². The molecule has 0 amide bonds. The van der Waals surface area contributed by atoms with E-state index in [1.807, 2.05) is 30.3 Å². The molecule has 0 bridgehead atoms. The van der Waals surface area contributed by atoms with Gasteiger partial charge in [0, 0.05) is 13.7 Å². The molecule has 5 nitrogen and oxygen atoms in total. The summed E-state index contributed by atoms with van der Waals surface area (Å²) in [6.45, 7) is 9.31. The standard InChI is InChI=1S/C31H39NO4/c1-5-30(24-11-9-8-10-12-24)31(26-15-19-29(20-16-26)36-23-34-4)25-13-17-28(18-14-25)35-22-27(33)21-32(6-2)7-3/h8-20,27,33H,5-7,21-23H2,1-4H3. The molecule has 0 fully saturated rings. The lowest BCUT2D eigenvalue weighted by Crippen LogP contribution is -2.35. The first-order valence-corrected chi connectivity index (χ1v) is 12.7. The molecule has 1 atom stereocenters. The van der Waals surface area contributed by atoms with Crippen molar-refractivity contribution < 1.29 is 19.3 Å². The molecule has 0 aromatic heterocycles. The first-order valence-electron chi connectivity index (χ1n) is 12.7. The Morgan fingerprint density at radius 2 is 1.31 bits per heavy atom. The van der Waals surface area contributed by atoms with Crippen LogP contribution in [0.4, 0.5) is 0 Å². The van der Waals surface area contributed by atoms with E-state index < -0.39 is 6.10 Å². The number of rotatable bonds is 14. The summed E-state index contributed by atoms with van der Waals surface area (Å²) in [5.41, 5.74) is 5.87. The van der Waals surface area contributed by atoms with Gasteiger partial charge in [0.2, 0.25) is 0 Å². The minimum absolute atomic E-state index is 0.220. The Labute approximate surface area is 215 Å². The van der Waals surface area contributed by atoms with Gasteiger partial charge in [0.05, 0.1) is 0 Å². The summed E-state index contributed by atoms with van der Waals surface area (Å²) < 4.78 is 16.5. The van der Waals surface area contributed by atoms with Crippen molar-refractivity contribution in [2.75, 3.05) is 40.1 Å². The summed E-state index contributed by atoms with van der Waals surface area (Å²) in [7, 11) is 1.61. The molecule has 5 heteroatoms. The Kier molecular flexibility index (Phi) is 11.0. The van der Waals surface area contributed by atoms with Crippen LogP contribution in [-0.4, -0.2) is 56.3 Å². The average Bonchev–Trinajstić information content (AvgIpc) is 2.93. The zero-order valence-corrected chi connectivity index (χ0v) is 21.9. The molecule has 0 heterocycles. The molecular weight excluding hydrogens is 450 g/mol. The largest absolute Gasteiger partial charge is 0.491 e. The predicted molar refractivity (Wildman–Crippen MR) is 147 cm³/mol. The maximum absolute atomic E-state index is 10.3. The summed E-state index contributed by atoms with van der Waals surface area (Å²) in [6, 6.07) is 26.8. The highest BCUT2D eigenvalue weighted by Crippen LogP contribution is 2.35. The van der Waals surface area contributed by atoms with Gasteiger partial charge in [-0.2, -0.15) is 0 Å². The molecule has 36 heavy (non-hydrogen) atoms. The van der Waals surface area contributed by atoms with E-state index in [1.165, 1.54) is 16.7 Å². The number of benzene rings is 3. The zero-order chi connectivity index (χ0) is 25.8. The van der Waals surface area contributed by atoms with Crippen molar-refractivity contribution in [1.82, 2.24) is 4.90 Å². The summed E-state index contributed by atoms with van der Waals surface area (Å²) in [5, 5.41) is 10.3. The summed E-state index contributed by atoms with van der Waals surface area (Å²) in [4.78, 5) is 2.19. The van der Waals surface area contributed by atoms with Crippen molar-refractivity contribution in [3.63, 3.8) is 0 Å². The molecule has 3 aromatic rings. The second kappa shape index (κ2) is 14.4. The summed E-state index contributed by atoms with van der Waals surface area (Å²) in [5.74, 6) is 1.52. The van der Waals surface area contributed by atoms with E-state index in [2.05, 4.69) is 74.2 Å². The van der Waals surface area contributed by atoms with Gasteiger partial charge in [0.25, 0.3) is 0 Å². The zero-order valence-electron chi connectivity index (χ0n) is 21.9. The van der Waals surface area contributed by atoms with Gasteiger partial charge in [-0.3, -0.25) is 0 Å². The average molecular weight is 490 g/mol. The number of hydrogen-bond acceptors (Lipinski definition) is 5. The van der Waals surface area contributed by atoms with Crippen molar-refractivity contribution >= 4 is 11.1 Å². The Morgan fingerprint density at radius 3 is 1.81 bits per heavy atom. The molecule has 1 unspecified atom stereocenters. The molecule has 0 spiro atoms. The number of likely N-dealkylation sites (N-methyl/N-ethyl adjacent to an activating group) is 1. The maximum atomic E-state index is 10.3. The Bertz CT molecular complexity index is 1060. The third-order valence-electron chi connectivity index (χ3n) is 6.21. The molecule has 0 aliphatic carbocycles. The normalized spacial score (nSPS) is 12.8. The third-order valence-corrected chi connectivity index (χ3v) is 6.21. The van der Waals surface area contributed by atoms with Crippen LogP contribution >= 0.6 is 0 Å². The Morgan fingerprint density at radius 1 is 0.750 bits per heavy atom. The van der Waals surface area contributed by atoms with Crippen molar-refractivity contribution in [2.24, 2.45) is 0 Å². The van der Waals surface area contributed by atoms with E-state index in [4.69, 9.17) is 14.2 Å². The smallest absolute Gasteiger partial charge is 0.188 e. The highest BCUT2D eigenvalue weighted by atomic mass is 16.7. The van der Waals surface area contributed by atoms with Crippen LogP contribution in [-0.2, 0) is 4.74 Å². The van der Waals surface area contributed by atoms with Gasteiger partial charge in [0.15, 0.2) is 6.79 Å². The van der Waals surface area contributed by atoms with Gasteiger partial charge in [-0.15, -0.1) is 0 Å². The van der Waals surface area contributed by atoms with Crippen molar-refractivity contribution in [3.05, 3.63) is 95.6 Å². The number of hydrogen-bond donors (Lipinski definition) is 1. The SMILES string of the molecule is CCC(=C(c1ccc(OCOC)cc1)c1ccc(OCC(O)CN(CC)CC)cc1)c1ccccc1. The van der Waals surface area contributed by atoms with Gasteiger partial charge >= 0.3 is 0 Å². The number of ether oxygens (including phenoxy) is 3. The number of nitrogens with zero attached hydrogens (tertiary/aromatic N) is 1. The lowest BCUT2D eigenvalue weighted by molar-refractivity contribution is 0.0511. The number of allylic oxidation sites excluding steroid dienone is 1. The third kappa shape index (κ3) is 7.69. The Balaban J connectivity index is 1.88. The van der Waals surface area contributed by atoms with E-state index in [9.17, 15) is 5.11 Å². The minimum Gasteiger partial charge on any atom is -0.491 e. The number of methoxy groups -OCH3 is 1. The van der Waals surface area contributed by atoms with Crippen LogP contribution in [0, 0.1) is 0 Å². The fourth-order valence-electron chi connectivity index (χ4n) is 4.27. The molecule has 0 saturated carbocycles. The van der Waals surface area contributed by atoms with Crippen molar-refractivity contribution in [2.45, 2.75) is 33.3 Å². The lowest BCUT2D eigenvalue weighted by Gasteiger charge is -2.22. The van der Waals surface area contributed by atoms with Crippen LogP contribution in [0.3, 0.4) is 0 Å². The number of aliphatic hydroxyl groups excluding tert-OH is 1. The van der Waals surface area contributed by atoms with Crippen LogP contribution in [0.1, 0.15) is 43.9 Å². The monoisotopic (exact) mass is 489 g/mol. The fourth-order valence-corrected chi connectivity index (χ4v) is 4.27. The van der Waals surface area contributed by atoms with Gasteiger partial charge in [-0.05, 0) is 71.6 Å². The molecule has 3 aromatic carbocycles. The molecule has 0 saturated heterocycles. The molecule has 1 N–H and O–H groups in total. The summed E-state index contributed by atoms with van der Waals surface area (Å²) >= 11 is 0. The highest BCUT2D eigenvalue weighted by molar-refractivity contribution is 5.98. The van der Waals surface area contributed by atoms with Crippen LogP contribution in [0.2, 0.25) is 0 Å². The van der Waals surface area contributed by atoms with Crippen molar-refractivity contribution in [3.8, 4) is 11.5 Å². The second-order valence-electron chi connectivity index (χ2n) is 8.62. The van der Waals surface area contributed by atoms with E-state index in [-0.39, 0.29) is 13.4 Å². The van der Waals surface area contributed by atoms with E-state index >= 15 is 0 Å². The van der Waals surface area contributed by atoms with E-state index in [0.717, 1.165) is 42.1 Å². The molecular formula is C31H39NO4.